The Bertz CT molecular complexity index is 959. The Balaban J connectivity index is 1.33. The number of furan rings is 1. The van der Waals surface area contributed by atoms with Crippen molar-refractivity contribution in [3.8, 4) is 10.8 Å². The monoisotopic (exact) mass is 411 g/mol. The van der Waals surface area contributed by atoms with Gasteiger partial charge in [0, 0.05) is 16.3 Å². The van der Waals surface area contributed by atoms with Gasteiger partial charge in [-0.15, -0.1) is 32.9 Å². The molecule has 0 atom stereocenters. The van der Waals surface area contributed by atoms with Crippen molar-refractivity contribution in [1.82, 2.24) is 15.1 Å². The summed E-state index contributed by atoms with van der Waals surface area (Å²) in [5, 5.41) is 10.7. The van der Waals surface area contributed by atoms with E-state index >= 15 is 0 Å². The minimum Gasteiger partial charge on any atom is -0.468 e. The van der Waals surface area contributed by atoms with Gasteiger partial charge in [0.25, 0.3) is 5.89 Å². The van der Waals surface area contributed by atoms with Crippen LogP contribution in [-0.2, 0) is 32.5 Å². The first-order chi connectivity index (χ1) is 13.8. The van der Waals surface area contributed by atoms with Crippen molar-refractivity contribution in [2.75, 3.05) is 0 Å². The predicted molar refractivity (Wildman–Crippen MR) is 110 cm³/mol. The Morgan fingerprint density at radius 3 is 2.82 bits per heavy atom. The highest BCUT2D eigenvalue weighted by molar-refractivity contribution is 7.15. The van der Waals surface area contributed by atoms with Crippen molar-refractivity contribution < 1.29 is 8.83 Å². The van der Waals surface area contributed by atoms with E-state index < -0.39 is 0 Å². The van der Waals surface area contributed by atoms with Gasteiger partial charge in [0.15, 0.2) is 0 Å². The molecule has 0 fully saturated rings. The van der Waals surface area contributed by atoms with Crippen molar-refractivity contribution in [2.24, 2.45) is 0 Å². The number of thiophene rings is 2. The predicted octanol–water partition coefficient (Wildman–Crippen LogP) is 5.53. The van der Waals surface area contributed by atoms with Crippen LogP contribution >= 0.6 is 22.7 Å². The lowest BCUT2D eigenvalue weighted by Crippen LogP contribution is -2.21. The molecule has 0 aliphatic heterocycles. The normalized spacial score (nSPS) is 13.9. The number of hydrogen-bond acceptors (Lipinski definition) is 7. The second-order valence-electron chi connectivity index (χ2n) is 7.07. The third kappa shape index (κ3) is 3.97. The van der Waals surface area contributed by atoms with Crippen LogP contribution in [-0.4, -0.2) is 15.1 Å². The Morgan fingerprint density at radius 1 is 1.04 bits per heavy atom. The van der Waals surface area contributed by atoms with E-state index in [1.165, 1.54) is 41.0 Å². The molecule has 4 aromatic heterocycles. The minimum atomic E-state index is 0.594. The van der Waals surface area contributed by atoms with Crippen molar-refractivity contribution in [1.29, 1.82) is 0 Å². The minimum absolute atomic E-state index is 0.594. The van der Waals surface area contributed by atoms with Crippen LogP contribution in [0.3, 0.4) is 0 Å². The molecule has 4 heterocycles. The molecule has 0 unspecified atom stereocenters. The van der Waals surface area contributed by atoms with Crippen LogP contribution < -0.4 is 0 Å². The van der Waals surface area contributed by atoms with Crippen LogP contribution in [0.1, 0.15) is 39.8 Å². The summed E-state index contributed by atoms with van der Waals surface area (Å²) in [5.74, 6) is 2.22. The van der Waals surface area contributed by atoms with Crippen LogP contribution in [0.5, 0.6) is 0 Å². The molecule has 5 nitrogen and oxygen atoms in total. The van der Waals surface area contributed by atoms with E-state index in [4.69, 9.17) is 8.83 Å². The summed E-state index contributed by atoms with van der Waals surface area (Å²) >= 11 is 3.56. The van der Waals surface area contributed by atoms with Gasteiger partial charge < -0.3 is 8.83 Å². The molecule has 7 heteroatoms. The topological polar surface area (TPSA) is 55.3 Å². The maximum atomic E-state index is 6.04. The first kappa shape index (κ1) is 17.8. The lowest BCUT2D eigenvalue weighted by Gasteiger charge is -2.18. The fourth-order valence-corrected chi connectivity index (χ4v) is 5.54. The second kappa shape index (κ2) is 8.03. The van der Waals surface area contributed by atoms with Gasteiger partial charge in [-0.2, -0.15) is 0 Å². The van der Waals surface area contributed by atoms with Gasteiger partial charge in [0.2, 0.25) is 5.89 Å². The van der Waals surface area contributed by atoms with Crippen LogP contribution in [0.4, 0.5) is 0 Å². The standard InChI is InChI=1S/C21H21N3O2S2/c1-2-8-18-15(5-1)11-19(28-18)21-23-22-20(26-21)14-24(12-16-6-3-9-25-16)13-17-7-4-10-27-17/h3-4,6-7,9-11H,1-2,5,8,12-14H2. The molecule has 0 N–H and O–H groups in total. The van der Waals surface area contributed by atoms with Crippen molar-refractivity contribution >= 4 is 22.7 Å². The molecular formula is C21H21N3O2S2. The molecule has 28 heavy (non-hydrogen) atoms. The molecule has 0 bridgehead atoms. The van der Waals surface area contributed by atoms with E-state index in [-0.39, 0.29) is 0 Å². The molecule has 5 rings (SSSR count). The summed E-state index contributed by atoms with van der Waals surface area (Å²) in [4.78, 5) is 6.15. The number of rotatable bonds is 7. The molecule has 0 saturated carbocycles. The summed E-state index contributed by atoms with van der Waals surface area (Å²) in [7, 11) is 0. The fourth-order valence-electron chi connectivity index (χ4n) is 3.62. The Kier molecular flexibility index (Phi) is 5.12. The van der Waals surface area contributed by atoms with Crippen molar-refractivity contribution in [3.63, 3.8) is 0 Å². The van der Waals surface area contributed by atoms with Crippen LogP contribution in [0.2, 0.25) is 0 Å². The zero-order chi connectivity index (χ0) is 18.8. The van der Waals surface area contributed by atoms with Gasteiger partial charge in [0.1, 0.15) is 5.76 Å². The molecule has 1 aliphatic rings. The van der Waals surface area contributed by atoms with Crippen LogP contribution in [0, 0.1) is 0 Å². The molecule has 0 amide bonds. The summed E-state index contributed by atoms with van der Waals surface area (Å²) in [6.07, 6.45) is 6.63. The van der Waals surface area contributed by atoms with E-state index in [2.05, 4.69) is 38.7 Å². The van der Waals surface area contributed by atoms with E-state index in [1.54, 1.807) is 28.9 Å². The zero-order valence-corrected chi connectivity index (χ0v) is 17.1. The quantitative estimate of drug-likeness (QED) is 0.400. The highest BCUT2D eigenvalue weighted by Gasteiger charge is 2.19. The molecule has 4 aromatic rings. The van der Waals surface area contributed by atoms with Gasteiger partial charge in [-0.25, -0.2) is 0 Å². The van der Waals surface area contributed by atoms with Crippen LogP contribution in [0.15, 0.2) is 50.8 Å². The molecule has 0 aromatic carbocycles. The molecule has 0 radical (unpaired) electrons. The highest BCUT2D eigenvalue weighted by atomic mass is 32.1. The lowest BCUT2D eigenvalue weighted by atomic mass is 9.99. The molecule has 0 spiro atoms. The van der Waals surface area contributed by atoms with E-state index in [0.29, 0.717) is 24.9 Å². The maximum absolute atomic E-state index is 6.04. The van der Waals surface area contributed by atoms with Crippen molar-refractivity contribution in [2.45, 2.75) is 45.3 Å². The van der Waals surface area contributed by atoms with E-state index in [0.717, 1.165) is 17.2 Å². The third-order valence-electron chi connectivity index (χ3n) is 4.95. The first-order valence-electron chi connectivity index (χ1n) is 9.55. The second-order valence-corrected chi connectivity index (χ2v) is 9.24. The number of hydrogen-bond donors (Lipinski definition) is 0. The third-order valence-corrected chi connectivity index (χ3v) is 7.04. The summed E-state index contributed by atoms with van der Waals surface area (Å²) in [6.45, 7) is 2.12. The zero-order valence-electron chi connectivity index (χ0n) is 15.5. The number of fused-ring (bicyclic) bond motifs is 1. The van der Waals surface area contributed by atoms with Gasteiger partial charge >= 0.3 is 0 Å². The van der Waals surface area contributed by atoms with E-state index in [9.17, 15) is 0 Å². The SMILES string of the molecule is c1coc(CN(Cc2nnc(-c3cc4c(s3)CCCC4)o2)Cc2cccs2)c1. The van der Waals surface area contributed by atoms with Gasteiger partial charge in [0.05, 0.1) is 24.2 Å². The van der Waals surface area contributed by atoms with Crippen molar-refractivity contribution in [3.05, 3.63) is 68.9 Å². The Hall–Kier alpha value is -2.22. The number of aromatic nitrogens is 2. The summed E-state index contributed by atoms with van der Waals surface area (Å²) < 4.78 is 11.6. The molecular weight excluding hydrogens is 390 g/mol. The number of aryl methyl sites for hydroxylation is 2. The molecule has 1 aliphatic carbocycles. The lowest BCUT2D eigenvalue weighted by molar-refractivity contribution is 0.208. The summed E-state index contributed by atoms with van der Waals surface area (Å²) in [5.41, 5.74) is 1.46. The smallest absolute Gasteiger partial charge is 0.257 e. The highest BCUT2D eigenvalue weighted by Crippen LogP contribution is 2.35. The average molecular weight is 412 g/mol. The fraction of sp³-hybridized carbons (Fsp3) is 0.333. The average Bonchev–Trinajstić information content (AvgIpc) is 3.49. The molecule has 144 valence electrons. The molecule has 0 saturated heterocycles. The van der Waals surface area contributed by atoms with Gasteiger partial charge in [-0.3, -0.25) is 4.90 Å². The largest absolute Gasteiger partial charge is 0.468 e. The van der Waals surface area contributed by atoms with E-state index in [1.807, 2.05) is 12.1 Å². The first-order valence-corrected chi connectivity index (χ1v) is 11.2. The van der Waals surface area contributed by atoms with Gasteiger partial charge in [-0.1, -0.05) is 6.07 Å². The van der Waals surface area contributed by atoms with Gasteiger partial charge in [-0.05, 0) is 60.9 Å². The number of nitrogens with zero attached hydrogens (tertiary/aromatic N) is 3. The maximum Gasteiger partial charge on any atom is 0.257 e. The van der Waals surface area contributed by atoms with Crippen LogP contribution in [0.25, 0.3) is 10.8 Å². The Labute approximate surface area is 171 Å². The summed E-state index contributed by atoms with van der Waals surface area (Å²) in [6, 6.07) is 10.4. The Morgan fingerprint density at radius 2 is 2.00 bits per heavy atom.